The minimum absolute atomic E-state index is 0.0965. The molecule has 0 spiro atoms. The Morgan fingerprint density at radius 1 is 1.00 bits per heavy atom. The Bertz CT molecular complexity index is 878. The van der Waals surface area contributed by atoms with Crippen LogP contribution in [0.25, 0.3) is 11.1 Å². The third-order valence-corrected chi connectivity index (χ3v) is 4.51. The predicted octanol–water partition coefficient (Wildman–Crippen LogP) is 3.75. The number of hydrogen-bond donors (Lipinski definition) is 1. The van der Waals surface area contributed by atoms with E-state index in [0.717, 1.165) is 35.5 Å². The van der Waals surface area contributed by atoms with Gasteiger partial charge in [0.25, 0.3) is 0 Å². The summed E-state index contributed by atoms with van der Waals surface area (Å²) in [5.74, 6) is 0.0965. The van der Waals surface area contributed by atoms with Crippen molar-refractivity contribution in [2.75, 3.05) is 23.3 Å². The zero-order valence-electron chi connectivity index (χ0n) is 13.9. The zero-order chi connectivity index (χ0) is 17.1. The molecule has 0 atom stereocenters. The van der Waals surface area contributed by atoms with E-state index in [-0.39, 0.29) is 5.91 Å². The zero-order valence-corrected chi connectivity index (χ0v) is 13.9. The molecule has 3 aromatic rings. The van der Waals surface area contributed by atoms with E-state index in [1.165, 1.54) is 5.56 Å². The standard InChI is InChI=1S/C21H19N3O/c25-21(15-23-19-4-2-1-3-5-19)24-13-10-18-14-17(6-7-20(18)24)16-8-11-22-12-9-16/h1-9,11-12,14,23H,10,13,15H2. The van der Waals surface area contributed by atoms with Gasteiger partial charge in [-0.2, -0.15) is 0 Å². The molecule has 0 saturated heterocycles. The molecule has 1 amide bonds. The Hall–Kier alpha value is -3.14. The van der Waals surface area contributed by atoms with Gasteiger partial charge in [-0.25, -0.2) is 0 Å². The number of benzene rings is 2. The third kappa shape index (κ3) is 3.24. The molecule has 0 bridgehead atoms. The molecule has 0 aliphatic carbocycles. The minimum atomic E-state index is 0.0965. The lowest BCUT2D eigenvalue weighted by Crippen LogP contribution is -2.34. The van der Waals surface area contributed by atoms with Gasteiger partial charge in [-0.1, -0.05) is 24.3 Å². The van der Waals surface area contributed by atoms with Crippen LogP contribution in [0.5, 0.6) is 0 Å². The summed E-state index contributed by atoms with van der Waals surface area (Å²) < 4.78 is 0. The molecule has 0 fully saturated rings. The molecule has 4 rings (SSSR count). The van der Waals surface area contributed by atoms with E-state index < -0.39 is 0 Å². The number of pyridine rings is 1. The molecule has 0 radical (unpaired) electrons. The number of rotatable bonds is 4. The summed E-state index contributed by atoms with van der Waals surface area (Å²) in [6.07, 6.45) is 4.49. The summed E-state index contributed by atoms with van der Waals surface area (Å²) >= 11 is 0. The van der Waals surface area contributed by atoms with Gasteiger partial charge in [-0.3, -0.25) is 9.78 Å². The Labute approximate surface area is 147 Å². The molecule has 25 heavy (non-hydrogen) atoms. The predicted molar refractivity (Wildman–Crippen MR) is 101 cm³/mol. The number of fused-ring (bicyclic) bond motifs is 1. The van der Waals surface area contributed by atoms with Crippen LogP contribution in [0.4, 0.5) is 11.4 Å². The summed E-state index contributed by atoms with van der Waals surface area (Å²) in [6.45, 7) is 1.04. The molecule has 0 saturated carbocycles. The number of nitrogens with one attached hydrogen (secondary N) is 1. The second-order valence-electron chi connectivity index (χ2n) is 6.09. The highest BCUT2D eigenvalue weighted by molar-refractivity contribution is 5.98. The third-order valence-electron chi connectivity index (χ3n) is 4.51. The van der Waals surface area contributed by atoms with Crippen molar-refractivity contribution >= 4 is 17.3 Å². The largest absolute Gasteiger partial charge is 0.376 e. The number of para-hydroxylation sites is 1. The van der Waals surface area contributed by atoms with Crippen LogP contribution in [0.1, 0.15) is 5.56 Å². The maximum Gasteiger partial charge on any atom is 0.246 e. The van der Waals surface area contributed by atoms with Crippen LogP contribution in [0.3, 0.4) is 0 Å². The van der Waals surface area contributed by atoms with Crippen LogP contribution in [-0.2, 0) is 11.2 Å². The minimum Gasteiger partial charge on any atom is -0.376 e. The number of amides is 1. The number of aromatic nitrogens is 1. The fourth-order valence-corrected chi connectivity index (χ4v) is 3.21. The molecule has 124 valence electrons. The molecule has 0 unspecified atom stereocenters. The van der Waals surface area contributed by atoms with Crippen molar-refractivity contribution in [3.63, 3.8) is 0 Å². The lowest BCUT2D eigenvalue weighted by molar-refractivity contribution is -0.116. The van der Waals surface area contributed by atoms with Gasteiger partial charge in [0.15, 0.2) is 0 Å². The second-order valence-corrected chi connectivity index (χ2v) is 6.09. The summed E-state index contributed by atoms with van der Waals surface area (Å²) in [5.41, 5.74) is 5.52. The van der Waals surface area contributed by atoms with Gasteiger partial charge in [-0.05, 0) is 59.5 Å². The summed E-state index contributed by atoms with van der Waals surface area (Å²) in [6, 6.07) is 20.1. The molecule has 1 aromatic heterocycles. The number of hydrogen-bond acceptors (Lipinski definition) is 3. The summed E-state index contributed by atoms with van der Waals surface area (Å²) in [5, 5.41) is 3.19. The van der Waals surface area contributed by atoms with E-state index in [1.807, 2.05) is 47.4 Å². The molecule has 4 heteroatoms. The molecule has 1 aliphatic rings. The Morgan fingerprint density at radius 3 is 2.60 bits per heavy atom. The molecular formula is C21H19N3O. The van der Waals surface area contributed by atoms with Crippen molar-refractivity contribution < 1.29 is 4.79 Å². The average molecular weight is 329 g/mol. The van der Waals surface area contributed by atoms with Gasteiger partial charge in [0.1, 0.15) is 0 Å². The SMILES string of the molecule is O=C(CNc1ccccc1)N1CCc2cc(-c3ccncc3)ccc21. The van der Waals surface area contributed by atoms with E-state index in [9.17, 15) is 4.79 Å². The topological polar surface area (TPSA) is 45.2 Å². The van der Waals surface area contributed by atoms with Crippen molar-refractivity contribution in [2.24, 2.45) is 0 Å². The first-order chi connectivity index (χ1) is 12.3. The number of anilines is 2. The first-order valence-electron chi connectivity index (χ1n) is 8.44. The van der Waals surface area contributed by atoms with Crippen LogP contribution >= 0.6 is 0 Å². The monoisotopic (exact) mass is 329 g/mol. The first kappa shape index (κ1) is 15.4. The number of nitrogens with zero attached hydrogens (tertiary/aromatic N) is 2. The lowest BCUT2D eigenvalue weighted by Gasteiger charge is -2.18. The molecule has 2 heterocycles. The maximum atomic E-state index is 12.6. The number of carbonyl (C=O) groups is 1. The highest BCUT2D eigenvalue weighted by Gasteiger charge is 2.24. The van der Waals surface area contributed by atoms with Crippen LogP contribution in [-0.4, -0.2) is 24.0 Å². The van der Waals surface area contributed by atoms with Gasteiger partial charge in [0, 0.05) is 30.3 Å². The van der Waals surface area contributed by atoms with E-state index in [2.05, 4.69) is 28.5 Å². The molecular weight excluding hydrogens is 310 g/mol. The van der Waals surface area contributed by atoms with Crippen LogP contribution in [0.15, 0.2) is 73.1 Å². The van der Waals surface area contributed by atoms with Crippen LogP contribution in [0.2, 0.25) is 0 Å². The van der Waals surface area contributed by atoms with Gasteiger partial charge in [0.05, 0.1) is 6.54 Å². The van der Waals surface area contributed by atoms with Crippen molar-refractivity contribution in [1.29, 1.82) is 0 Å². The quantitative estimate of drug-likeness (QED) is 0.793. The van der Waals surface area contributed by atoms with E-state index in [0.29, 0.717) is 6.54 Å². The fraction of sp³-hybridized carbons (Fsp3) is 0.143. The van der Waals surface area contributed by atoms with Crippen molar-refractivity contribution in [3.05, 3.63) is 78.6 Å². The van der Waals surface area contributed by atoms with Crippen molar-refractivity contribution in [3.8, 4) is 11.1 Å². The Balaban J connectivity index is 1.49. The summed E-state index contributed by atoms with van der Waals surface area (Å²) in [4.78, 5) is 18.5. The first-order valence-corrected chi connectivity index (χ1v) is 8.44. The van der Waals surface area contributed by atoms with E-state index >= 15 is 0 Å². The van der Waals surface area contributed by atoms with Gasteiger partial charge in [0.2, 0.25) is 5.91 Å². The highest BCUT2D eigenvalue weighted by atomic mass is 16.2. The van der Waals surface area contributed by atoms with E-state index in [1.54, 1.807) is 12.4 Å². The number of carbonyl (C=O) groups excluding carboxylic acids is 1. The fourth-order valence-electron chi connectivity index (χ4n) is 3.21. The van der Waals surface area contributed by atoms with Gasteiger partial charge in [-0.15, -0.1) is 0 Å². The molecule has 1 N–H and O–H groups in total. The molecule has 4 nitrogen and oxygen atoms in total. The van der Waals surface area contributed by atoms with Crippen LogP contribution < -0.4 is 10.2 Å². The van der Waals surface area contributed by atoms with Crippen molar-refractivity contribution in [1.82, 2.24) is 4.98 Å². The van der Waals surface area contributed by atoms with Gasteiger partial charge < -0.3 is 10.2 Å². The molecule has 2 aromatic carbocycles. The molecule has 1 aliphatic heterocycles. The summed E-state index contributed by atoms with van der Waals surface area (Å²) in [7, 11) is 0. The maximum absolute atomic E-state index is 12.6. The lowest BCUT2D eigenvalue weighted by atomic mass is 10.0. The highest BCUT2D eigenvalue weighted by Crippen LogP contribution is 2.32. The van der Waals surface area contributed by atoms with E-state index in [4.69, 9.17) is 0 Å². The Morgan fingerprint density at radius 2 is 1.80 bits per heavy atom. The van der Waals surface area contributed by atoms with Gasteiger partial charge >= 0.3 is 0 Å². The second kappa shape index (κ2) is 6.77. The Kier molecular flexibility index (Phi) is 4.17. The average Bonchev–Trinajstić information content (AvgIpc) is 3.11. The van der Waals surface area contributed by atoms with Crippen molar-refractivity contribution in [2.45, 2.75) is 6.42 Å². The van der Waals surface area contributed by atoms with Crippen LogP contribution in [0, 0.1) is 0 Å². The normalized spacial score (nSPS) is 12.7. The smallest absolute Gasteiger partial charge is 0.246 e.